The van der Waals surface area contributed by atoms with Crippen molar-refractivity contribution in [1.29, 1.82) is 0 Å². The average Bonchev–Trinajstić information content (AvgIpc) is 3.14. The van der Waals surface area contributed by atoms with Gasteiger partial charge in [-0.05, 0) is 55.3 Å². The van der Waals surface area contributed by atoms with Crippen LogP contribution in [0.15, 0.2) is 84.0 Å². The van der Waals surface area contributed by atoms with Crippen LogP contribution in [0, 0.1) is 6.92 Å². The van der Waals surface area contributed by atoms with Crippen LogP contribution in [0.4, 0.5) is 0 Å². The summed E-state index contributed by atoms with van der Waals surface area (Å²) in [5, 5.41) is 10.6. The van der Waals surface area contributed by atoms with Gasteiger partial charge in [0.1, 0.15) is 0 Å². The van der Waals surface area contributed by atoms with Crippen molar-refractivity contribution in [3.63, 3.8) is 0 Å². The number of hydrogen-bond donors (Lipinski definition) is 0. The third kappa shape index (κ3) is 4.29. The van der Waals surface area contributed by atoms with Crippen LogP contribution in [-0.4, -0.2) is 20.5 Å². The number of nitrogens with zero attached hydrogens (tertiary/aromatic N) is 3. The van der Waals surface area contributed by atoms with Crippen LogP contribution in [0.1, 0.15) is 11.1 Å². The van der Waals surface area contributed by atoms with E-state index >= 15 is 0 Å². The Kier molecular flexibility index (Phi) is 5.79. The molecule has 0 spiro atoms. The fourth-order valence-corrected chi connectivity index (χ4v) is 4.05. The highest BCUT2D eigenvalue weighted by Crippen LogP contribution is 2.29. The molecular formula is C23H20ClN3S. The van der Waals surface area contributed by atoms with E-state index in [0.29, 0.717) is 5.02 Å². The maximum absolute atomic E-state index is 6.06. The van der Waals surface area contributed by atoms with E-state index in [2.05, 4.69) is 70.2 Å². The Labute approximate surface area is 174 Å². The van der Waals surface area contributed by atoms with Gasteiger partial charge in [-0.25, -0.2) is 0 Å². The van der Waals surface area contributed by atoms with E-state index in [1.165, 1.54) is 11.1 Å². The number of aromatic nitrogens is 3. The molecule has 0 aliphatic heterocycles. The molecule has 1 aromatic heterocycles. The SMILES string of the molecule is Cc1ccc(-n2c(SCCc3ccccc3)nnc2-c2ccc(Cl)cc2)cc1. The minimum absolute atomic E-state index is 0.711. The molecular weight excluding hydrogens is 386 g/mol. The zero-order valence-corrected chi connectivity index (χ0v) is 17.1. The predicted molar refractivity (Wildman–Crippen MR) is 117 cm³/mol. The monoisotopic (exact) mass is 405 g/mol. The normalized spacial score (nSPS) is 10.9. The maximum Gasteiger partial charge on any atom is 0.196 e. The van der Waals surface area contributed by atoms with Crippen molar-refractivity contribution >= 4 is 23.4 Å². The Morgan fingerprint density at radius 3 is 2.29 bits per heavy atom. The van der Waals surface area contributed by atoms with E-state index in [9.17, 15) is 0 Å². The summed E-state index contributed by atoms with van der Waals surface area (Å²) in [6, 6.07) is 26.7. The van der Waals surface area contributed by atoms with Gasteiger partial charge >= 0.3 is 0 Å². The lowest BCUT2D eigenvalue weighted by Gasteiger charge is -2.11. The first kappa shape index (κ1) is 18.8. The van der Waals surface area contributed by atoms with Gasteiger partial charge in [0.15, 0.2) is 11.0 Å². The van der Waals surface area contributed by atoms with Gasteiger partial charge in [-0.2, -0.15) is 0 Å². The summed E-state index contributed by atoms with van der Waals surface area (Å²) >= 11 is 7.78. The van der Waals surface area contributed by atoms with E-state index < -0.39 is 0 Å². The van der Waals surface area contributed by atoms with E-state index in [1.807, 2.05) is 30.3 Å². The molecule has 0 saturated heterocycles. The topological polar surface area (TPSA) is 30.7 Å². The van der Waals surface area contributed by atoms with Crippen LogP contribution in [0.25, 0.3) is 17.1 Å². The second kappa shape index (κ2) is 8.63. The number of aryl methyl sites for hydroxylation is 2. The molecule has 28 heavy (non-hydrogen) atoms. The van der Waals surface area contributed by atoms with Crippen LogP contribution >= 0.6 is 23.4 Å². The maximum atomic E-state index is 6.06. The summed E-state index contributed by atoms with van der Waals surface area (Å²) in [4.78, 5) is 0. The first-order chi connectivity index (χ1) is 13.7. The van der Waals surface area contributed by atoms with E-state index in [1.54, 1.807) is 11.8 Å². The smallest absolute Gasteiger partial charge is 0.196 e. The first-order valence-electron chi connectivity index (χ1n) is 9.16. The van der Waals surface area contributed by atoms with Gasteiger partial charge in [0, 0.05) is 22.0 Å². The second-order valence-corrected chi connectivity index (χ2v) is 8.07. The molecule has 0 amide bonds. The Morgan fingerprint density at radius 1 is 0.857 bits per heavy atom. The molecule has 1 heterocycles. The van der Waals surface area contributed by atoms with Gasteiger partial charge in [-0.3, -0.25) is 4.57 Å². The largest absolute Gasteiger partial charge is 0.270 e. The molecule has 0 saturated carbocycles. The van der Waals surface area contributed by atoms with Crippen molar-refractivity contribution in [1.82, 2.24) is 14.8 Å². The molecule has 4 rings (SSSR count). The van der Waals surface area contributed by atoms with E-state index in [-0.39, 0.29) is 0 Å². The zero-order valence-electron chi connectivity index (χ0n) is 15.5. The summed E-state index contributed by atoms with van der Waals surface area (Å²) in [6.45, 7) is 2.09. The second-order valence-electron chi connectivity index (χ2n) is 6.57. The highest BCUT2D eigenvalue weighted by molar-refractivity contribution is 7.99. The fourth-order valence-electron chi connectivity index (χ4n) is 2.98. The molecule has 3 aromatic carbocycles. The minimum atomic E-state index is 0.711. The Morgan fingerprint density at radius 2 is 1.57 bits per heavy atom. The summed E-state index contributed by atoms with van der Waals surface area (Å²) in [5.41, 5.74) is 4.60. The summed E-state index contributed by atoms with van der Waals surface area (Å²) in [5.74, 6) is 1.76. The summed E-state index contributed by atoms with van der Waals surface area (Å²) in [6.07, 6.45) is 0.989. The van der Waals surface area contributed by atoms with Gasteiger partial charge < -0.3 is 0 Å². The lowest BCUT2D eigenvalue weighted by atomic mass is 10.2. The molecule has 5 heteroatoms. The minimum Gasteiger partial charge on any atom is -0.270 e. The molecule has 3 nitrogen and oxygen atoms in total. The lowest BCUT2D eigenvalue weighted by Crippen LogP contribution is -2.00. The van der Waals surface area contributed by atoms with Crippen LogP contribution in [-0.2, 0) is 6.42 Å². The van der Waals surface area contributed by atoms with Gasteiger partial charge in [0.2, 0.25) is 0 Å². The molecule has 0 bridgehead atoms. The van der Waals surface area contributed by atoms with Crippen LogP contribution in [0.3, 0.4) is 0 Å². The molecule has 0 N–H and O–H groups in total. The third-order valence-corrected chi connectivity index (χ3v) is 5.68. The lowest BCUT2D eigenvalue weighted by molar-refractivity contribution is 0.884. The van der Waals surface area contributed by atoms with Crippen molar-refractivity contribution in [3.05, 3.63) is 95.0 Å². The van der Waals surface area contributed by atoms with E-state index in [4.69, 9.17) is 11.6 Å². The predicted octanol–water partition coefficient (Wildman–Crippen LogP) is 6.23. The Balaban J connectivity index is 1.65. The molecule has 0 aliphatic rings. The van der Waals surface area contributed by atoms with Crippen molar-refractivity contribution in [2.75, 3.05) is 5.75 Å². The molecule has 0 atom stereocenters. The average molecular weight is 406 g/mol. The van der Waals surface area contributed by atoms with Crippen LogP contribution in [0.5, 0.6) is 0 Å². The Hall–Kier alpha value is -2.56. The quantitative estimate of drug-likeness (QED) is 0.356. The molecule has 4 aromatic rings. The van der Waals surface area contributed by atoms with Gasteiger partial charge in [-0.15, -0.1) is 10.2 Å². The highest BCUT2D eigenvalue weighted by atomic mass is 35.5. The van der Waals surface area contributed by atoms with Crippen LogP contribution in [0.2, 0.25) is 5.02 Å². The first-order valence-corrected chi connectivity index (χ1v) is 10.5. The fraction of sp³-hybridized carbons (Fsp3) is 0.130. The zero-order chi connectivity index (χ0) is 19.3. The van der Waals surface area contributed by atoms with Crippen molar-refractivity contribution in [2.24, 2.45) is 0 Å². The van der Waals surface area contributed by atoms with Gasteiger partial charge in [0.05, 0.1) is 0 Å². The number of thioether (sulfide) groups is 1. The summed E-state index contributed by atoms with van der Waals surface area (Å²) in [7, 11) is 0. The number of rotatable bonds is 6. The molecule has 0 aliphatic carbocycles. The standard InChI is InChI=1S/C23H20ClN3S/c1-17-7-13-21(14-8-17)27-22(19-9-11-20(24)12-10-19)25-26-23(27)28-16-15-18-5-3-2-4-6-18/h2-14H,15-16H2,1H3. The Bertz CT molecular complexity index is 1040. The number of halogens is 1. The highest BCUT2D eigenvalue weighted by Gasteiger charge is 2.16. The molecule has 0 fully saturated rings. The molecule has 0 unspecified atom stereocenters. The molecule has 0 radical (unpaired) electrons. The van der Waals surface area contributed by atoms with Crippen molar-refractivity contribution in [2.45, 2.75) is 18.5 Å². The third-order valence-electron chi connectivity index (χ3n) is 4.49. The van der Waals surface area contributed by atoms with E-state index in [0.717, 1.165) is 34.4 Å². The number of benzene rings is 3. The molecule has 140 valence electrons. The van der Waals surface area contributed by atoms with Crippen LogP contribution < -0.4 is 0 Å². The number of hydrogen-bond acceptors (Lipinski definition) is 3. The van der Waals surface area contributed by atoms with Crippen molar-refractivity contribution in [3.8, 4) is 17.1 Å². The summed E-state index contributed by atoms with van der Waals surface area (Å²) < 4.78 is 2.12. The van der Waals surface area contributed by atoms with Gasteiger partial charge in [0.25, 0.3) is 0 Å². The van der Waals surface area contributed by atoms with Crippen molar-refractivity contribution < 1.29 is 0 Å². The van der Waals surface area contributed by atoms with Gasteiger partial charge in [-0.1, -0.05) is 71.4 Å².